The van der Waals surface area contributed by atoms with Crippen LogP contribution in [0.3, 0.4) is 0 Å². The zero-order valence-corrected chi connectivity index (χ0v) is 11.6. The van der Waals surface area contributed by atoms with Crippen molar-refractivity contribution in [2.45, 2.75) is 6.92 Å². The number of carbonyl (C=O) groups is 2. The van der Waals surface area contributed by atoms with Crippen LogP contribution in [0, 0.1) is 18.6 Å². The van der Waals surface area contributed by atoms with Crippen LogP contribution in [0.5, 0.6) is 0 Å². The Morgan fingerprint density at radius 3 is 2.33 bits per heavy atom. The van der Waals surface area contributed by atoms with Gasteiger partial charge in [0.05, 0.1) is 12.1 Å². The van der Waals surface area contributed by atoms with Gasteiger partial charge in [-0.15, -0.1) is 0 Å². The molecule has 0 saturated carbocycles. The molecule has 0 bridgehead atoms. The van der Waals surface area contributed by atoms with E-state index in [0.29, 0.717) is 32.2 Å². The minimum Gasteiger partial charge on any atom is -0.480 e. The number of amides is 1. The highest BCUT2D eigenvalue weighted by Crippen LogP contribution is 2.17. The lowest BCUT2D eigenvalue weighted by Crippen LogP contribution is -2.50. The minimum absolute atomic E-state index is 0.0773. The van der Waals surface area contributed by atoms with Gasteiger partial charge in [-0.2, -0.15) is 0 Å². The molecule has 1 heterocycles. The number of nitrogens with zero attached hydrogens (tertiary/aromatic N) is 2. The third-order valence-corrected chi connectivity index (χ3v) is 3.50. The molecule has 0 radical (unpaired) electrons. The van der Waals surface area contributed by atoms with E-state index in [1.54, 1.807) is 4.90 Å². The smallest absolute Gasteiger partial charge is 0.317 e. The lowest BCUT2D eigenvalue weighted by Gasteiger charge is -2.33. The summed E-state index contributed by atoms with van der Waals surface area (Å²) in [5.41, 5.74) is 0.0600. The number of benzene rings is 1. The molecule has 1 N–H and O–H groups in total. The van der Waals surface area contributed by atoms with Gasteiger partial charge in [0.15, 0.2) is 0 Å². The van der Waals surface area contributed by atoms with Crippen LogP contribution in [0.4, 0.5) is 8.78 Å². The fourth-order valence-corrected chi connectivity index (χ4v) is 2.29. The van der Waals surface area contributed by atoms with Crippen molar-refractivity contribution in [2.75, 3.05) is 32.7 Å². The van der Waals surface area contributed by atoms with E-state index in [1.165, 1.54) is 17.9 Å². The molecule has 1 aliphatic heterocycles. The molecule has 1 fully saturated rings. The second-order valence-electron chi connectivity index (χ2n) is 5.04. The van der Waals surface area contributed by atoms with E-state index in [-0.39, 0.29) is 17.7 Å². The zero-order valence-electron chi connectivity index (χ0n) is 11.6. The average Bonchev–Trinajstić information content (AvgIpc) is 2.42. The van der Waals surface area contributed by atoms with E-state index < -0.39 is 23.5 Å². The largest absolute Gasteiger partial charge is 0.480 e. The first-order valence-corrected chi connectivity index (χ1v) is 6.57. The number of halogens is 2. The highest BCUT2D eigenvalue weighted by molar-refractivity contribution is 5.94. The van der Waals surface area contributed by atoms with Crippen LogP contribution in [-0.4, -0.2) is 59.5 Å². The van der Waals surface area contributed by atoms with Gasteiger partial charge in [0, 0.05) is 32.2 Å². The van der Waals surface area contributed by atoms with Crippen molar-refractivity contribution in [1.29, 1.82) is 0 Å². The molecule has 0 spiro atoms. The number of hydrogen-bond acceptors (Lipinski definition) is 3. The maximum atomic E-state index is 13.7. The van der Waals surface area contributed by atoms with Crippen molar-refractivity contribution in [3.63, 3.8) is 0 Å². The van der Waals surface area contributed by atoms with Gasteiger partial charge in [0.2, 0.25) is 0 Å². The second kappa shape index (κ2) is 6.17. The summed E-state index contributed by atoms with van der Waals surface area (Å²) in [6.07, 6.45) is 0. The predicted molar refractivity (Wildman–Crippen MR) is 71.1 cm³/mol. The lowest BCUT2D eigenvalue weighted by atomic mass is 10.1. The van der Waals surface area contributed by atoms with Crippen LogP contribution < -0.4 is 0 Å². The molecule has 1 aromatic carbocycles. The highest BCUT2D eigenvalue weighted by Gasteiger charge is 2.25. The second-order valence-corrected chi connectivity index (χ2v) is 5.04. The maximum absolute atomic E-state index is 13.7. The van der Waals surface area contributed by atoms with E-state index in [2.05, 4.69) is 0 Å². The molecule has 1 aromatic rings. The number of aryl methyl sites for hydroxylation is 1. The number of hydrogen-bond donors (Lipinski definition) is 1. The van der Waals surface area contributed by atoms with Gasteiger partial charge in [-0.05, 0) is 18.6 Å². The Kier molecular flexibility index (Phi) is 4.52. The van der Waals surface area contributed by atoms with Gasteiger partial charge in [-0.1, -0.05) is 0 Å². The van der Waals surface area contributed by atoms with Crippen LogP contribution >= 0.6 is 0 Å². The summed E-state index contributed by atoms with van der Waals surface area (Å²) < 4.78 is 26.9. The monoisotopic (exact) mass is 298 g/mol. The van der Waals surface area contributed by atoms with Crippen molar-refractivity contribution in [3.05, 3.63) is 34.9 Å². The molecule has 1 amide bonds. The zero-order chi connectivity index (χ0) is 15.6. The predicted octanol–water partition coefficient (Wildman–Crippen LogP) is 1.12. The molecule has 1 saturated heterocycles. The highest BCUT2D eigenvalue weighted by atomic mass is 19.1. The Bertz CT molecular complexity index is 570. The molecule has 1 aliphatic rings. The first-order chi connectivity index (χ1) is 9.88. The van der Waals surface area contributed by atoms with Gasteiger partial charge in [0.25, 0.3) is 5.91 Å². The molecule has 114 valence electrons. The van der Waals surface area contributed by atoms with E-state index in [0.717, 1.165) is 0 Å². The van der Waals surface area contributed by atoms with Crippen molar-refractivity contribution in [3.8, 4) is 0 Å². The summed E-state index contributed by atoms with van der Waals surface area (Å²) in [5.74, 6) is -2.98. The average molecular weight is 298 g/mol. The van der Waals surface area contributed by atoms with Gasteiger partial charge in [-0.3, -0.25) is 14.5 Å². The van der Waals surface area contributed by atoms with Crippen LogP contribution in [0.15, 0.2) is 12.1 Å². The molecule has 0 aliphatic carbocycles. The third kappa shape index (κ3) is 3.55. The molecule has 7 heteroatoms. The van der Waals surface area contributed by atoms with Crippen molar-refractivity contribution >= 4 is 11.9 Å². The minimum atomic E-state index is -0.921. The van der Waals surface area contributed by atoms with Crippen molar-refractivity contribution < 1.29 is 23.5 Å². The van der Waals surface area contributed by atoms with E-state index in [4.69, 9.17) is 5.11 Å². The van der Waals surface area contributed by atoms with Gasteiger partial charge >= 0.3 is 5.97 Å². The molecule has 2 rings (SSSR count). The summed E-state index contributed by atoms with van der Waals surface area (Å²) in [4.78, 5) is 26.0. The summed E-state index contributed by atoms with van der Waals surface area (Å²) >= 11 is 0. The molecule has 0 aromatic heterocycles. The quantitative estimate of drug-likeness (QED) is 0.908. The SMILES string of the molecule is Cc1cc(C(=O)N2CCN(CC(=O)O)CC2)c(F)cc1F. The molecule has 5 nitrogen and oxygen atoms in total. The molecular weight excluding hydrogens is 282 g/mol. The summed E-state index contributed by atoms with van der Waals surface area (Å²) in [5, 5.41) is 8.70. The summed E-state index contributed by atoms with van der Waals surface area (Å²) in [6.45, 7) is 2.87. The van der Waals surface area contributed by atoms with E-state index in [1.807, 2.05) is 0 Å². The van der Waals surface area contributed by atoms with Gasteiger partial charge in [0.1, 0.15) is 11.6 Å². The Hall–Kier alpha value is -2.02. The van der Waals surface area contributed by atoms with Crippen LogP contribution in [0.25, 0.3) is 0 Å². The summed E-state index contributed by atoms with van der Waals surface area (Å²) in [7, 11) is 0. The standard InChI is InChI=1S/C14H16F2N2O3/c1-9-6-10(12(16)7-11(9)15)14(21)18-4-2-17(3-5-18)8-13(19)20/h6-7H,2-5,8H2,1H3,(H,19,20). The summed E-state index contributed by atoms with van der Waals surface area (Å²) in [6, 6.07) is 1.92. The Labute approximate surface area is 120 Å². The molecule has 21 heavy (non-hydrogen) atoms. The first-order valence-electron chi connectivity index (χ1n) is 6.57. The van der Waals surface area contributed by atoms with E-state index in [9.17, 15) is 18.4 Å². The third-order valence-electron chi connectivity index (χ3n) is 3.50. The topological polar surface area (TPSA) is 60.9 Å². The molecule has 0 unspecified atom stereocenters. The molecular formula is C14H16F2N2O3. The van der Waals surface area contributed by atoms with Crippen molar-refractivity contribution in [2.24, 2.45) is 0 Å². The van der Waals surface area contributed by atoms with Crippen LogP contribution in [0.1, 0.15) is 15.9 Å². The Morgan fingerprint density at radius 1 is 1.14 bits per heavy atom. The Balaban J connectivity index is 2.05. The van der Waals surface area contributed by atoms with Gasteiger partial charge in [-0.25, -0.2) is 8.78 Å². The van der Waals surface area contributed by atoms with Gasteiger partial charge < -0.3 is 10.0 Å². The van der Waals surface area contributed by atoms with Crippen LogP contribution in [-0.2, 0) is 4.79 Å². The number of carbonyl (C=O) groups excluding carboxylic acids is 1. The van der Waals surface area contributed by atoms with E-state index >= 15 is 0 Å². The normalized spacial score (nSPS) is 16.0. The Morgan fingerprint density at radius 2 is 1.76 bits per heavy atom. The number of carboxylic acid groups (broad SMARTS) is 1. The van der Waals surface area contributed by atoms with Crippen molar-refractivity contribution in [1.82, 2.24) is 9.80 Å². The molecule has 0 atom stereocenters. The number of piperazine rings is 1. The maximum Gasteiger partial charge on any atom is 0.317 e. The van der Waals surface area contributed by atoms with Crippen LogP contribution in [0.2, 0.25) is 0 Å². The lowest BCUT2D eigenvalue weighted by molar-refractivity contribution is -0.138. The fraction of sp³-hybridized carbons (Fsp3) is 0.429. The number of aliphatic carboxylic acids is 1. The number of carboxylic acids is 1. The fourth-order valence-electron chi connectivity index (χ4n) is 2.29. The number of rotatable bonds is 3. The first kappa shape index (κ1) is 15.4.